The van der Waals surface area contributed by atoms with Crippen molar-refractivity contribution in [2.75, 3.05) is 26.4 Å². The SMILES string of the molecule is C=CCOCCCCCOCC(=C)C. The molecule has 0 rings (SSSR count). The van der Waals surface area contributed by atoms with Gasteiger partial charge in [-0.15, -0.1) is 6.58 Å². The van der Waals surface area contributed by atoms with E-state index in [1.54, 1.807) is 6.08 Å². The molecule has 0 spiro atoms. The number of hydrogen-bond donors (Lipinski definition) is 0. The minimum absolute atomic E-state index is 0.659. The molecule has 0 radical (unpaired) electrons. The van der Waals surface area contributed by atoms with Crippen molar-refractivity contribution in [3.05, 3.63) is 24.8 Å². The van der Waals surface area contributed by atoms with Crippen LogP contribution in [0.3, 0.4) is 0 Å². The van der Waals surface area contributed by atoms with Crippen molar-refractivity contribution in [1.29, 1.82) is 0 Å². The predicted molar refractivity (Wildman–Crippen MR) is 60.5 cm³/mol. The van der Waals surface area contributed by atoms with Gasteiger partial charge in [0.25, 0.3) is 0 Å². The summed E-state index contributed by atoms with van der Waals surface area (Å²) in [6.07, 6.45) is 5.14. The van der Waals surface area contributed by atoms with Crippen LogP contribution in [-0.2, 0) is 9.47 Å². The summed E-state index contributed by atoms with van der Waals surface area (Å²) in [7, 11) is 0. The maximum absolute atomic E-state index is 5.37. The highest BCUT2D eigenvalue weighted by molar-refractivity contribution is 4.87. The van der Waals surface area contributed by atoms with Gasteiger partial charge >= 0.3 is 0 Å². The molecule has 0 aliphatic heterocycles. The highest BCUT2D eigenvalue weighted by Gasteiger charge is 1.91. The molecule has 0 atom stereocenters. The molecule has 0 aromatic carbocycles. The van der Waals surface area contributed by atoms with Gasteiger partial charge in [0.1, 0.15) is 0 Å². The molecule has 0 amide bonds. The molecule has 0 heterocycles. The van der Waals surface area contributed by atoms with Crippen LogP contribution in [0, 0.1) is 0 Å². The van der Waals surface area contributed by atoms with E-state index in [1.165, 1.54) is 0 Å². The second-order valence-electron chi connectivity index (χ2n) is 3.43. The largest absolute Gasteiger partial charge is 0.377 e. The third kappa shape index (κ3) is 11.4. The Balaban J connectivity index is 2.92. The van der Waals surface area contributed by atoms with Crippen molar-refractivity contribution in [1.82, 2.24) is 0 Å². The van der Waals surface area contributed by atoms with E-state index in [4.69, 9.17) is 9.47 Å². The van der Waals surface area contributed by atoms with Crippen LogP contribution >= 0.6 is 0 Å². The topological polar surface area (TPSA) is 18.5 Å². The van der Waals surface area contributed by atoms with E-state index in [-0.39, 0.29) is 0 Å². The van der Waals surface area contributed by atoms with Gasteiger partial charge in [-0.1, -0.05) is 18.2 Å². The van der Waals surface area contributed by atoms with Gasteiger partial charge in [0.15, 0.2) is 0 Å². The molecule has 0 aliphatic carbocycles. The predicted octanol–water partition coefficient (Wildman–Crippen LogP) is 2.95. The summed E-state index contributed by atoms with van der Waals surface area (Å²) in [5.74, 6) is 0. The maximum Gasteiger partial charge on any atom is 0.0671 e. The zero-order chi connectivity index (χ0) is 10.6. The first-order chi connectivity index (χ1) is 6.77. The van der Waals surface area contributed by atoms with E-state index in [9.17, 15) is 0 Å². The Bertz CT molecular complexity index is 152. The summed E-state index contributed by atoms with van der Waals surface area (Å²) in [6, 6.07) is 0. The van der Waals surface area contributed by atoms with Gasteiger partial charge in [-0.3, -0.25) is 0 Å². The number of unbranched alkanes of at least 4 members (excludes halogenated alkanes) is 2. The van der Waals surface area contributed by atoms with E-state index in [0.717, 1.165) is 38.0 Å². The molecule has 0 saturated heterocycles. The molecular weight excluding hydrogens is 176 g/mol. The lowest BCUT2D eigenvalue weighted by Gasteiger charge is -2.03. The van der Waals surface area contributed by atoms with Crippen molar-refractivity contribution in [3.8, 4) is 0 Å². The van der Waals surface area contributed by atoms with Gasteiger partial charge in [0.05, 0.1) is 13.2 Å². The zero-order valence-corrected chi connectivity index (χ0v) is 9.26. The van der Waals surface area contributed by atoms with Crippen molar-refractivity contribution in [3.63, 3.8) is 0 Å². The Morgan fingerprint density at radius 3 is 2.36 bits per heavy atom. The van der Waals surface area contributed by atoms with Crippen LogP contribution in [0.2, 0.25) is 0 Å². The van der Waals surface area contributed by atoms with Crippen molar-refractivity contribution in [2.45, 2.75) is 26.2 Å². The van der Waals surface area contributed by atoms with Crippen LogP contribution in [0.4, 0.5) is 0 Å². The second-order valence-corrected chi connectivity index (χ2v) is 3.43. The van der Waals surface area contributed by atoms with E-state index < -0.39 is 0 Å². The van der Waals surface area contributed by atoms with E-state index in [2.05, 4.69) is 13.2 Å². The van der Waals surface area contributed by atoms with Gasteiger partial charge in [0, 0.05) is 13.2 Å². The fourth-order valence-electron chi connectivity index (χ4n) is 0.998. The molecule has 0 aromatic heterocycles. The Kier molecular flexibility index (Phi) is 10.0. The summed E-state index contributed by atoms with van der Waals surface area (Å²) in [5.41, 5.74) is 1.08. The fourth-order valence-corrected chi connectivity index (χ4v) is 0.998. The van der Waals surface area contributed by atoms with Gasteiger partial charge < -0.3 is 9.47 Å². The molecule has 82 valence electrons. The molecule has 2 nitrogen and oxygen atoms in total. The highest BCUT2D eigenvalue weighted by Crippen LogP contribution is 1.98. The van der Waals surface area contributed by atoms with Crippen LogP contribution in [0.1, 0.15) is 26.2 Å². The third-order valence-corrected chi connectivity index (χ3v) is 1.66. The highest BCUT2D eigenvalue weighted by atomic mass is 16.5. The molecular formula is C12H22O2. The van der Waals surface area contributed by atoms with Gasteiger partial charge in [-0.25, -0.2) is 0 Å². The maximum atomic E-state index is 5.37. The molecule has 2 heteroatoms. The minimum Gasteiger partial charge on any atom is -0.377 e. The normalized spacial score (nSPS) is 10.1. The lowest BCUT2D eigenvalue weighted by atomic mass is 10.2. The molecule has 0 aromatic rings. The van der Waals surface area contributed by atoms with Gasteiger partial charge in [-0.05, 0) is 26.2 Å². The van der Waals surface area contributed by atoms with Crippen molar-refractivity contribution in [2.24, 2.45) is 0 Å². The molecule has 0 unspecified atom stereocenters. The quantitative estimate of drug-likeness (QED) is 0.397. The first kappa shape index (κ1) is 13.4. The monoisotopic (exact) mass is 198 g/mol. The minimum atomic E-state index is 0.659. The van der Waals surface area contributed by atoms with E-state index in [1.807, 2.05) is 6.92 Å². The molecule has 0 fully saturated rings. The third-order valence-electron chi connectivity index (χ3n) is 1.66. The second kappa shape index (κ2) is 10.5. The average molecular weight is 198 g/mol. The van der Waals surface area contributed by atoms with Crippen LogP contribution in [-0.4, -0.2) is 26.4 Å². The zero-order valence-electron chi connectivity index (χ0n) is 9.26. The van der Waals surface area contributed by atoms with Crippen LogP contribution in [0.15, 0.2) is 24.8 Å². The molecule has 0 aliphatic rings. The molecule has 0 saturated carbocycles. The number of hydrogen-bond acceptors (Lipinski definition) is 2. The number of rotatable bonds is 10. The van der Waals surface area contributed by atoms with Gasteiger partial charge in [0.2, 0.25) is 0 Å². The molecule has 0 bridgehead atoms. The first-order valence-corrected chi connectivity index (χ1v) is 5.18. The lowest BCUT2D eigenvalue weighted by Crippen LogP contribution is -1.99. The lowest BCUT2D eigenvalue weighted by molar-refractivity contribution is 0.137. The molecule has 14 heavy (non-hydrogen) atoms. The van der Waals surface area contributed by atoms with Crippen molar-refractivity contribution >= 4 is 0 Å². The van der Waals surface area contributed by atoms with Crippen LogP contribution < -0.4 is 0 Å². The summed E-state index contributed by atoms with van der Waals surface area (Å²) in [5, 5.41) is 0. The fraction of sp³-hybridized carbons (Fsp3) is 0.667. The Morgan fingerprint density at radius 2 is 1.79 bits per heavy atom. The van der Waals surface area contributed by atoms with Gasteiger partial charge in [-0.2, -0.15) is 0 Å². The van der Waals surface area contributed by atoms with Crippen LogP contribution in [0.25, 0.3) is 0 Å². The first-order valence-electron chi connectivity index (χ1n) is 5.18. The Hall–Kier alpha value is -0.600. The standard InChI is InChI=1S/C12H22O2/c1-4-8-13-9-6-5-7-10-14-11-12(2)3/h4H,1-2,5-11H2,3H3. The van der Waals surface area contributed by atoms with Crippen molar-refractivity contribution < 1.29 is 9.47 Å². The number of ether oxygens (including phenoxy) is 2. The van der Waals surface area contributed by atoms with Crippen LogP contribution in [0.5, 0.6) is 0 Å². The van der Waals surface area contributed by atoms with E-state index >= 15 is 0 Å². The summed E-state index contributed by atoms with van der Waals surface area (Å²) in [6.45, 7) is 12.3. The summed E-state index contributed by atoms with van der Waals surface area (Å²) >= 11 is 0. The Labute approximate surface area is 87.6 Å². The average Bonchev–Trinajstić information content (AvgIpc) is 2.15. The van der Waals surface area contributed by atoms with E-state index in [0.29, 0.717) is 13.2 Å². The summed E-state index contributed by atoms with van der Waals surface area (Å²) < 4.78 is 10.6. The molecule has 0 N–H and O–H groups in total. The Morgan fingerprint density at radius 1 is 1.14 bits per heavy atom. The smallest absolute Gasteiger partial charge is 0.0671 e. The summed E-state index contributed by atoms with van der Waals surface area (Å²) in [4.78, 5) is 0.